The molecule has 1 saturated carbocycles. The van der Waals surface area contributed by atoms with E-state index in [1.54, 1.807) is 7.11 Å². The second-order valence-corrected chi connectivity index (χ2v) is 4.76. The van der Waals surface area contributed by atoms with Gasteiger partial charge >= 0.3 is 0 Å². The van der Waals surface area contributed by atoms with Gasteiger partial charge in [0.05, 0.1) is 5.60 Å². The molecular weight excluding hydrogens is 202 g/mol. The molecule has 96 valence electrons. The minimum Gasteiger partial charge on any atom is -0.385 e. The summed E-state index contributed by atoms with van der Waals surface area (Å²) in [6, 6.07) is 0. The minimum atomic E-state index is 0.128. The molecule has 1 aliphatic rings. The number of nitrogens with one attached hydrogen (secondary N) is 1. The van der Waals surface area contributed by atoms with Crippen LogP contribution in [0.25, 0.3) is 0 Å². The molecule has 3 nitrogen and oxygen atoms in total. The summed E-state index contributed by atoms with van der Waals surface area (Å²) >= 11 is 0. The van der Waals surface area contributed by atoms with Gasteiger partial charge in [0, 0.05) is 26.9 Å². The molecular formula is C13H27NO2. The SMILES string of the molecule is CCCNCC1(OCCCOC)CCCC1. The maximum absolute atomic E-state index is 6.10. The predicted octanol–water partition coefficient (Wildman–Crippen LogP) is 2.35. The van der Waals surface area contributed by atoms with Crippen LogP contribution in [-0.4, -0.2) is 39.0 Å². The molecule has 0 radical (unpaired) electrons. The first kappa shape index (κ1) is 13.9. The van der Waals surface area contributed by atoms with Crippen molar-refractivity contribution in [1.29, 1.82) is 0 Å². The van der Waals surface area contributed by atoms with Crippen LogP contribution in [-0.2, 0) is 9.47 Å². The van der Waals surface area contributed by atoms with Crippen LogP contribution >= 0.6 is 0 Å². The van der Waals surface area contributed by atoms with Crippen LogP contribution < -0.4 is 5.32 Å². The fourth-order valence-electron chi connectivity index (χ4n) is 2.38. The Morgan fingerprint density at radius 2 is 1.94 bits per heavy atom. The Morgan fingerprint density at radius 3 is 2.56 bits per heavy atom. The first-order chi connectivity index (χ1) is 7.83. The van der Waals surface area contributed by atoms with Gasteiger partial charge in [0.2, 0.25) is 0 Å². The van der Waals surface area contributed by atoms with Gasteiger partial charge in [0.25, 0.3) is 0 Å². The lowest BCUT2D eigenvalue weighted by molar-refractivity contribution is -0.0449. The van der Waals surface area contributed by atoms with Gasteiger partial charge in [-0.1, -0.05) is 19.8 Å². The fourth-order valence-corrected chi connectivity index (χ4v) is 2.38. The van der Waals surface area contributed by atoms with Crippen molar-refractivity contribution in [3.63, 3.8) is 0 Å². The highest BCUT2D eigenvalue weighted by molar-refractivity contribution is 4.88. The van der Waals surface area contributed by atoms with E-state index in [1.807, 2.05) is 0 Å². The van der Waals surface area contributed by atoms with Crippen LogP contribution in [0.1, 0.15) is 45.4 Å². The van der Waals surface area contributed by atoms with Crippen LogP contribution in [0.15, 0.2) is 0 Å². The van der Waals surface area contributed by atoms with Crippen molar-refractivity contribution in [2.75, 3.05) is 33.4 Å². The lowest BCUT2D eigenvalue weighted by Crippen LogP contribution is -2.41. The van der Waals surface area contributed by atoms with Crippen LogP contribution in [0.4, 0.5) is 0 Å². The summed E-state index contributed by atoms with van der Waals surface area (Å²) in [6.07, 6.45) is 7.27. The summed E-state index contributed by atoms with van der Waals surface area (Å²) in [5.74, 6) is 0. The number of methoxy groups -OCH3 is 1. The summed E-state index contributed by atoms with van der Waals surface area (Å²) < 4.78 is 11.1. The van der Waals surface area contributed by atoms with Crippen LogP contribution in [0.3, 0.4) is 0 Å². The molecule has 0 atom stereocenters. The van der Waals surface area contributed by atoms with E-state index >= 15 is 0 Å². The van der Waals surface area contributed by atoms with E-state index in [0.29, 0.717) is 0 Å². The number of ether oxygens (including phenoxy) is 2. The van der Waals surface area contributed by atoms with Crippen molar-refractivity contribution < 1.29 is 9.47 Å². The van der Waals surface area contributed by atoms with Crippen molar-refractivity contribution in [2.24, 2.45) is 0 Å². The maximum Gasteiger partial charge on any atom is 0.0806 e. The van der Waals surface area contributed by atoms with Gasteiger partial charge in [-0.2, -0.15) is 0 Å². The van der Waals surface area contributed by atoms with E-state index in [0.717, 1.165) is 32.7 Å². The third kappa shape index (κ3) is 4.81. The maximum atomic E-state index is 6.10. The molecule has 0 aromatic heterocycles. The van der Waals surface area contributed by atoms with Crippen LogP contribution in [0.5, 0.6) is 0 Å². The largest absolute Gasteiger partial charge is 0.385 e. The van der Waals surface area contributed by atoms with Crippen molar-refractivity contribution in [1.82, 2.24) is 5.32 Å². The Bertz CT molecular complexity index is 167. The van der Waals surface area contributed by atoms with Crippen molar-refractivity contribution in [3.8, 4) is 0 Å². The molecule has 0 aromatic carbocycles. The first-order valence-electron chi connectivity index (χ1n) is 6.66. The van der Waals surface area contributed by atoms with E-state index in [1.165, 1.54) is 32.1 Å². The van der Waals surface area contributed by atoms with Crippen molar-refractivity contribution >= 4 is 0 Å². The third-order valence-electron chi connectivity index (χ3n) is 3.29. The van der Waals surface area contributed by atoms with Crippen LogP contribution in [0.2, 0.25) is 0 Å². The topological polar surface area (TPSA) is 30.5 Å². The van der Waals surface area contributed by atoms with E-state index in [2.05, 4.69) is 12.2 Å². The standard InChI is InChI=1S/C13H27NO2/c1-3-9-14-12-13(7-4-5-8-13)16-11-6-10-15-2/h14H,3-12H2,1-2H3. The van der Waals surface area contributed by atoms with Crippen molar-refractivity contribution in [3.05, 3.63) is 0 Å². The van der Waals surface area contributed by atoms with Crippen LogP contribution in [0, 0.1) is 0 Å². The normalized spacial score (nSPS) is 19.1. The molecule has 16 heavy (non-hydrogen) atoms. The molecule has 1 aliphatic carbocycles. The monoisotopic (exact) mass is 229 g/mol. The van der Waals surface area contributed by atoms with Gasteiger partial charge in [-0.25, -0.2) is 0 Å². The highest BCUT2D eigenvalue weighted by Gasteiger charge is 2.34. The molecule has 0 spiro atoms. The second-order valence-electron chi connectivity index (χ2n) is 4.76. The summed E-state index contributed by atoms with van der Waals surface area (Å²) in [4.78, 5) is 0. The second kappa shape index (κ2) is 8.04. The zero-order valence-corrected chi connectivity index (χ0v) is 10.9. The van der Waals surface area contributed by atoms with Gasteiger partial charge in [-0.15, -0.1) is 0 Å². The Morgan fingerprint density at radius 1 is 1.19 bits per heavy atom. The molecule has 3 heteroatoms. The first-order valence-corrected chi connectivity index (χ1v) is 6.66. The lowest BCUT2D eigenvalue weighted by Gasteiger charge is -2.30. The molecule has 0 unspecified atom stereocenters. The van der Waals surface area contributed by atoms with E-state index in [4.69, 9.17) is 9.47 Å². The summed E-state index contributed by atoms with van der Waals surface area (Å²) in [7, 11) is 1.74. The molecule has 1 fully saturated rings. The van der Waals surface area contributed by atoms with Gasteiger partial charge in [0.15, 0.2) is 0 Å². The molecule has 0 aromatic rings. The molecule has 1 rings (SSSR count). The fraction of sp³-hybridized carbons (Fsp3) is 1.00. The average molecular weight is 229 g/mol. The summed E-state index contributed by atoms with van der Waals surface area (Å²) in [5, 5.41) is 3.50. The Kier molecular flexibility index (Phi) is 7.01. The molecule has 0 bridgehead atoms. The van der Waals surface area contributed by atoms with Gasteiger partial charge in [0.1, 0.15) is 0 Å². The smallest absolute Gasteiger partial charge is 0.0806 e. The molecule has 0 saturated heterocycles. The summed E-state index contributed by atoms with van der Waals surface area (Å²) in [6.45, 7) is 5.96. The Hall–Kier alpha value is -0.120. The van der Waals surface area contributed by atoms with E-state index in [9.17, 15) is 0 Å². The zero-order valence-electron chi connectivity index (χ0n) is 10.9. The quantitative estimate of drug-likeness (QED) is 0.616. The Labute approximate surface area is 99.9 Å². The third-order valence-corrected chi connectivity index (χ3v) is 3.29. The lowest BCUT2D eigenvalue weighted by atomic mass is 10.0. The predicted molar refractivity (Wildman–Crippen MR) is 66.8 cm³/mol. The van der Waals surface area contributed by atoms with Crippen molar-refractivity contribution in [2.45, 2.75) is 51.0 Å². The minimum absolute atomic E-state index is 0.128. The number of rotatable bonds is 9. The molecule has 0 amide bonds. The zero-order chi connectivity index (χ0) is 11.7. The number of hydrogen-bond acceptors (Lipinski definition) is 3. The molecule has 0 aliphatic heterocycles. The van der Waals surface area contributed by atoms with Gasteiger partial charge in [-0.05, 0) is 32.2 Å². The van der Waals surface area contributed by atoms with E-state index < -0.39 is 0 Å². The van der Waals surface area contributed by atoms with E-state index in [-0.39, 0.29) is 5.60 Å². The molecule has 0 heterocycles. The highest BCUT2D eigenvalue weighted by atomic mass is 16.5. The molecule has 1 N–H and O–H groups in total. The van der Waals surface area contributed by atoms with Gasteiger partial charge < -0.3 is 14.8 Å². The summed E-state index contributed by atoms with van der Waals surface area (Å²) in [5.41, 5.74) is 0.128. The number of hydrogen-bond donors (Lipinski definition) is 1. The van der Waals surface area contributed by atoms with Gasteiger partial charge in [-0.3, -0.25) is 0 Å². The average Bonchev–Trinajstić information content (AvgIpc) is 2.74. The highest BCUT2D eigenvalue weighted by Crippen LogP contribution is 2.32. The Balaban J connectivity index is 2.22.